The first-order valence-electron chi connectivity index (χ1n) is 18.7. The number of hydrogen-bond donors (Lipinski definition) is 1. The van der Waals surface area contributed by atoms with Crippen LogP contribution < -0.4 is 0 Å². The van der Waals surface area contributed by atoms with E-state index in [-0.39, 0.29) is 0 Å². The fourth-order valence-corrected chi connectivity index (χ4v) is 1.77. The van der Waals surface area contributed by atoms with Crippen molar-refractivity contribution in [1.82, 2.24) is 4.90 Å². The Morgan fingerprint density at radius 1 is 1.38 bits per heavy atom. The molecule has 0 aliphatic heterocycles. The van der Waals surface area contributed by atoms with Crippen molar-refractivity contribution in [3.8, 4) is 11.8 Å². The monoisotopic (exact) mass is 380 g/mol. The lowest BCUT2D eigenvalue weighted by Gasteiger charge is -2.36. The topological polar surface area (TPSA) is 49.8 Å². The van der Waals surface area contributed by atoms with Gasteiger partial charge in [0.1, 0.15) is 0 Å². The van der Waals surface area contributed by atoms with Crippen molar-refractivity contribution in [2.45, 2.75) is 51.2 Å². The minimum Gasteiger partial charge on any atom is -0.450 e. The van der Waals surface area contributed by atoms with Gasteiger partial charge in [-0.2, -0.15) is 0 Å². The molecule has 1 atom stereocenters. The average Bonchev–Trinajstić information content (AvgIpc) is 2.93. The van der Waals surface area contributed by atoms with Crippen molar-refractivity contribution in [2.24, 2.45) is 5.89 Å². The third-order valence-corrected chi connectivity index (χ3v) is 3.14. The average molecular weight is 381 g/mol. The van der Waals surface area contributed by atoms with E-state index in [9.17, 15) is 6.17 Å². The van der Waals surface area contributed by atoms with Gasteiger partial charge in [-0.3, -0.25) is 4.90 Å². The highest BCUT2D eigenvalue weighted by molar-refractivity contribution is 5.81. The van der Waals surface area contributed by atoms with Gasteiger partial charge < -0.3 is 9.85 Å². The number of hydrogen-bond acceptors (Lipinski definition) is 4. The summed E-state index contributed by atoms with van der Waals surface area (Å²) in [6.45, 7) is -8.48. The fraction of sp³-hybridized carbons (Fsp3) is 0.591. The summed E-state index contributed by atoms with van der Waals surface area (Å²) in [5, 5.41) is 4.47. The van der Waals surface area contributed by atoms with E-state index >= 15 is 0 Å². The van der Waals surface area contributed by atoms with Crippen molar-refractivity contribution < 1.29 is 44.8 Å². The van der Waals surface area contributed by atoms with Gasteiger partial charge in [0.05, 0.1) is 13.4 Å². The number of nitrogens with zero attached hydrogens (tertiary/aromatic N) is 1. The summed E-state index contributed by atoms with van der Waals surface area (Å²) < 4.78 is 191. The quantitative estimate of drug-likeness (QED) is 0.555. The lowest BCUT2D eigenvalue weighted by Crippen LogP contribution is -2.45. The van der Waals surface area contributed by atoms with Crippen LogP contribution in [0.1, 0.15) is 81.3 Å². The van der Waals surface area contributed by atoms with Gasteiger partial charge >= 0.3 is 5.97 Å². The molecule has 0 heterocycles. The molecule has 142 valence electrons. The molecule has 1 aromatic carbocycles. The molecule has 0 aromatic heterocycles. The predicted molar refractivity (Wildman–Crippen MR) is 103 cm³/mol. The number of ether oxygens (including phenoxy) is 1. The summed E-state index contributed by atoms with van der Waals surface area (Å²) in [6, 6.07) is -6.73. The third kappa shape index (κ3) is 5.09. The van der Waals surface area contributed by atoms with Crippen LogP contribution in [0.25, 0.3) is 0 Å². The Bertz CT molecular complexity index is 1430. The van der Waals surface area contributed by atoms with Crippen molar-refractivity contribution >= 4 is 5.97 Å². The largest absolute Gasteiger partial charge is 0.450 e. The van der Waals surface area contributed by atoms with E-state index in [4.69, 9.17) is 35.0 Å². The van der Waals surface area contributed by atoms with E-state index < -0.39 is 125 Å². The highest BCUT2D eigenvalue weighted by Gasteiger charge is 2.46. The zero-order valence-corrected chi connectivity index (χ0v) is 13.5. The molecule has 1 fully saturated rings. The predicted octanol–water partition coefficient (Wildman–Crippen LogP) is 3.34. The maximum absolute atomic E-state index is 14.0. The first-order chi connectivity index (χ1) is 21.7. The number of esters is 1. The maximum Gasteiger partial charge on any atom is 0.344 e. The van der Waals surface area contributed by atoms with E-state index in [0.717, 1.165) is 4.90 Å². The van der Waals surface area contributed by atoms with Crippen LogP contribution >= 0.6 is 0 Å². The van der Waals surface area contributed by atoms with Crippen LogP contribution in [0, 0.1) is 17.7 Å². The summed E-state index contributed by atoms with van der Waals surface area (Å²) in [4.78, 5) is 14.9. The summed E-state index contributed by atoms with van der Waals surface area (Å²) in [7, 11) is 0. The summed E-state index contributed by atoms with van der Waals surface area (Å²) in [5.74, 6) is -2.46. The van der Waals surface area contributed by atoms with Crippen LogP contribution in [0.15, 0.2) is 30.2 Å². The molecule has 4 nitrogen and oxygen atoms in total. The van der Waals surface area contributed by atoms with Gasteiger partial charge in [-0.1, -0.05) is 74.9 Å². The molecule has 0 spiro atoms. The zero-order valence-electron chi connectivity index (χ0n) is 36.5. The van der Waals surface area contributed by atoms with Crippen LogP contribution in [0.4, 0.5) is 0 Å². The van der Waals surface area contributed by atoms with Crippen molar-refractivity contribution in [1.29, 1.82) is 1.43 Å². The van der Waals surface area contributed by atoms with Crippen LogP contribution in [0.5, 0.6) is 0 Å². The number of benzene rings is 1. The summed E-state index contributed by atoms with van der Waals surface area (Å²) in [5.41, 5.74) is -5.98. The Labute approximate surface area is 189 Å². The molecule has 1 aliphatic rings. The van der Waals surface area contributed by atoms with Gasteiger partial charge in [0.25, 0.3) is 0 Å². The van der Waals surface area contributed by atoms with Crippen molar-refractivity contribution in [3.63, 3.8) is 0 Å². The second-order valence-electron chi connectivity index (χ2n) is 4.76. The second kappa shape index (κ2) is 10.4. The smallest absolute Gasteiger partial charge is 0.344 e. The van der Waals surface area contributed by atoms with Gasteiger partial charge in [-0.25, -0.2) is 4.79 Å². The second-order valence-corrected chi connectivity index (χ2v) is 4.76. The summed E-state index contributed by atoms with van der Waals surface area (Å²) >= 11 is 0. The van der Waals surface area contributed by atoms with E-state index in [0.29, 0.717) is 0 Å². The van der Waals surface area contributed by atoms with E-state index in [2.05, 4.69) is 16.9 Å². The number of carbonyl (C=O) groups excluding carboxylic acids is 1. The SMILES string of the molecule is [2H]OC(C(=O)OCC#CCN(CC([2H])([2H])[2H])CC([2H])([2H])[2H])(c1c([2H])c([2H])c([2H])c([2H])c1[2H])C1([2H])C([2H])([2H])C([2H])([2H])C([2H])([2H])C([2H])([2H])C1([2H])[2H]. The van der Waals surface area contributed by atoms with E-state index in [1.807, 2.05) is 0 Å². The number of carbonyl (C=O) groups is 1. The number of rotatable bonds is 8. The molecule has 1 N–H and O–H groups in total. The highest BCUT2D eigenvalue weighted by atomic mass is 16.5. The molecule has 0 saturated heterocycles. The van der Waals surface area contributed by atoms with Crippen LogP contribution in [-0.4, -0.2) is 43.7 Å². The minimum absolute atomic E-state index is 0.555. The van der Waals surface area contributed by atoms with E-state index in [1.54, 1.807) is 0 Å². The molecule has 2 rings (SSSR count). The molecule has 0 radical (unpaired) electrons. The third-order valence-electron chi connectivity index (χ3n) is 3.14. The molecule has 4 heteroatoms. The molecule has 1 aliphatic carbocycles. The molecule has 0 bridgehead atoms. The normalized spacial score (nSPS) is 42.0. The van der Waals surface area contributed by atoms with Crippen LogP contribution in [0.2, 0.25) is 0 Å². The van der Waals surface area contributed by atoms with Gasteiger partial charge in [-0.15, -0.1) is 0 Å². The molecular formula is C22H31NO3. The van der Waals surface area contributed by atoms with Crippen molar-refractivity contribution in [2.75, 3.05) is 26.2 Å². The van der Waals surface area contributed by atoms with Crippen LogP contribution in [0.3, 0.4) is 0 Å². The van der Waals surface area contributed by atoms with E-state index in [1.165, 1.54) is 0 Å². The summed E-state index contributed by atoms with van der Waals surface area (Å²) in [6.07, 6.45) is -21.6. The molecule has 26 heavy (non-hydrogen) atoms. The highest BCUT2D eigenvalue weighted by Crippen LogP contribution is 2.40. The number of aliphatic hydroxyl groups is 1. The van der Waals surface area contributed by atoms with Crippen LogP contribution in [-0.2, 0) is 15.1 Å². The van der Waals surface area contributed by atoms with Crippen molar-refractivity contribution in [3.05, 3.63) is 35.8 Å². The Morgan fingerprint density at radius 3 is 2.77 bits per heavy atom. The maximum atomic E-state index is 14.0. The molecule has 1 aromatic rings. The Morgan fingerprint density at radius 2 is 2.12 bits per heavy atom. The van der Waals surface area contributed by atoms with Gasteiger partial charge in [0.2, 0.25) is 1.43 Å². The Balaban J connectivity index is 2.93. The fourth-order valence-electron chi connectivity index (χ4n) is 1.77. The van der Waals surface area contributed by atoms with Gasteiger partial charge in [-0.05, 0) is 31.4 Å². The first-order valence-corrected chi connectivity index (χ1v) is 7.26. The molecule has 1 unspecified atom stereocenters. The minimum atomic E-state index is -4.60. The first kappa shape index (κ1) is 5.59. The molecule has 1 saturated carbocycles. The zero-order chi connectivity index (χ0) is 38.8. The van der Waals surface area contributed by atoms with Gasteiger partial charge in [0, 0.05) is 29.2 Å². The standard InChI is InChI=1S/C22H31NO3/c1-3-23(4-2)17-11-12-18-26-21(24)22(25,19-13-7-5-8-14-19)20-15-9-6-10-16-20/h5,7-8,13-14,20,25H,3-4,6,9-10,15-18H2,1-2H3/i1D3,2D3,5D,6D2,7D,8D,9D2,10D2,13D,14D,15D2,16D2,20D,25D. The molecule has 0 amide bonds. The molecular weight excluding hydrogens is 326 g/mol. The Hall–Kier alpha value is -1.83. The lowest BCUT2D eigenvalue weighted by molar-refractivity contribution is -0.174. The van der Waals surface area contributed by atoms with Gasteiger partial charge in [0.15, 0.2) is 12.2 Å². The lowest BCUT2D eigenvalue weighted by atomic mass is 9.73. The Kier molecular flexibility index (Phi) is 2.23.